The number of fused-ring (bicyclic) bond motifs is 1. The van der Waals surface area contributed by atoms with Gasteiger partial charge in [-0.1, -0.05) is 81.0 Å². The Morgan fingerprint density at radius 2 is 1.93 bits per heavy atom. The van der Waals surface area contributed by atoms with Crippen molar-refractivity contribution >= 4 is 34.6 Å². The molecule has 2 unspecified atom stereocenters. The van der Waals surface area contributed by atoms with Crippen molar-refractivity contribution in [2.24, 2.45) is 5.92 Å². The molecule has 58 heavy (non-hydrogen) atoms. The van der Waals surface area contributed by atoms with Crippen LogP contribution in [0.25, 0.3) is 5.69 Å². The number of rotatable bonds is 13. The normalized spacial score (nSPS) is 18.1. The maximum atomic E-state index is 8.85. The van der Waals surface area contributed by atoms with E-state index in [4.69, 9.17) is 22.1 Å². The number of nitriles is 2. The molecule has 2 fully saturated rings. The van der Waals surface area contributed by atoms with Crippen LogP contribution in [0, 0.1) is 89.7 Å². The van der Waals surface area contributed by atoms with E-state index >= 15 is 0 Å². The van der Waals surface area contributed by atoms with E-state index in [1.165, 1.54) is 91.5 Å². The molecule has 4 aromatic rings. The van der Waals surface area contributed by atoms with E-state index in [9.17, 15) is 0 Å². The third-order valence-electron chi connectivity index (χ3n) is 11.1. The van der Waals surface area contributed by atoms with Crippen LogP contribution in [-0.2, 0) is 11.8 Å². The fourth-order valence-electron chi connectivity index (χ4n) is 7.80. The summed E-state index contributed by atoms with van der Waals surface area (Å²) >= 11 is 6.11. The van der Waals surface area contributed by atoms with E-state index in [0.29, 0.717) is 39.6 Å². The van der Waals surface area contributed by atoms with Gasteiger partial charge in [0, 0.05) is 23.6 Å². The minimum absolute atomic E-state index is 0. The molecule has 3 aromatic heterocycles. The van der Waals surface area contributed by atoms with Gasteiger partial charge in [0.2, 0.25) is 0 Å². The van der Waals surface area contributed by atoms with Crippen molar-refractivity contribution < 1.29 is 40.8 Å². The first-order valence-electron chi connectivity index (χ1n) is 19.9. The summed E-state index contributed by atoms with van der Waals surface area (Å²) in [5.74, 6) is 1.81. The number of aromatic nitrogens is 5. The maximum Gasteiger partial charge on any atom is 3.00 e. The van der Waals surface area contributed by atoms with Crippen LogP contribution in [0.3, 0.4) is 0 Å². The summed E-state index contributed by atoms with van der Waals surface area (Å²) in [6.45, 7) is 19.4. The molecule has 0 spiro atoms. The van der Waals surface area contributed by atoms with E-state index < -0.39 is 0 Å². The summed E-state index contributed by atoms with van der Waals surface area (Å²) in [6, 6.07) is 14.8. The van der Waals surface area contributed by atoms with Crippen molar-refractivity contribution in [3.63, 3.8) is 0 Å². The molecular formula is C45H55ClN11Nd. The van der Waals surface area contributed by atoms with Crippen LogP contribution in [0.1, 0.15) is 94.2 Å². The smallest absolute Gasteiger partial charge is 0.403 e. The van der Waals surface area contributed by atoms with Gasteiger partial charge in [0.25, 0.3) is 0 Å². The topological polar surface area (TPSA) is 143 Å². The predicted octanol–water partition coefficient (Wildman–Crippen LogP) is 9.98. The monoisotopic (exact) mass is 926 g/mol. The summed E-state index contributed by atoms with van der Waals surface area (Å²) in [6.07, 6.45) is 25.4. The number of hydrogen-bond acceptors (Lipinski definition) is 10. The molecule has 3 aliphatic rings. The summed E-state index contributed by atoms with van der Waals surface area (Å²) in [7, 11) is 0. The molecule has 3 N–H and O–H groups in total. The van der Waals surface area contributed by atoms with Gasteiger partial charge in [0.1, 0.15) is 29.9 Å². The third-order valence-corrected chi connectivity index (χ3v) is 11.4. The Morgan fingerprint density at radius 3 is 2.59 bits per heavy atom. The van der Waals surface area contributed by atoms with Gasteiger partial charge in [-0.05, 0) is 73.2 Å². The largest absolute Gasteiger partial charge is 3.00 e. The van der Waals surface area contributed by atoms with Gasteiger partial charge in [-0.2, -0.15) is 29.8 Å². The van der Waals surface area contributed by atoms with Gasteiger partial charge in [-0.15, -0.1) is 11.1 Å². The summed E-state index contributed by atoms with van der Waals surface area (Å²) in [5, 5.41) is 34.7. The molecule has 301 valence electrons. The van der Waals surface area contributed by atoms with Crippen LogP contribution in [-0.4, -0.2) is 44.1 Å². The second-order valence-corrected chi connectivity index (χ2v) is 15.4. The zero-order chi connectivity index (χ0) is 40.6. The van der Waals surface area contributed by atoms with E-state index in [2.05, 4.69) is 99.7 Å². The second kappa shape index (κ2) is 23.5. The van der Waals surface area contributed by atoms with Crippen LogP contribution in [0.15, 0.2) is 80.2 Å². The number of pyridine rings is 2. The summed E-state index contributed by atoms with van der Waals surface area (Å²) in [5.41, 5.74) is 7.40. The molecule has 1 aromatic carbocycles. The van der Waals surface area contributed by atoms with Gasteiger partial charge in [0.05, 0.1) is 40.9 Å². The van der Waals surface area contributed by atoms with Gasteiger partial charge in [0.15, 0.2) is 0 Å². The molecule has 7 rings (SSSR count). The number of anilines is 4. The number of halogens is 1. The van der Waals surface area contributed by atoms with Crippen molar-refractivity contribution in [2.45, 2.75) is 95.4 Å². The quantitative estimate of drug-likeness (QED) is 0.0876. The maximum absolute atomic E-state index is 8.85. The molecule has 0 bridgehead atoms. The molecule has 13 heteroatoms. The Hall–Kier alpha value is -4.04. The van der Waals surface area contributed by atoms with E-state index in [1.807, 2.05) is 12.1 Å². The molecule has 1 saturated carbocycles. The molecule has 11 nitrogen and oxygen atoms in total. The number of allylic oxidation sites excluding steroid dienone is 1. The average molecular weight is 930 g/mol. The Kier molecular flexibility index (Phi) is 18.9. The molecular weight excluding hydrogens is 874 g/mol. The Morgan fingerprint density at radius 1 is 1.12 bits per heavy atom. The van der Waals surface area contributed by atoms with Crippen LogP contribution in [0.5, 0.6) is 0 Å². The third kappa shape index (κ3) is 12.7. The van der Waals surface area contributed by atoms with Crippen molar-refractivity contribution in [3.05, 3.63) is 122 Å². The van der Waals surface area contributed by atoms with E-state index in [0.717, 1.165) is 37.4 Å². The van der Waals surface area contributed by atoms with Gasteiger partial charge < -0.3 is 41.1 Å². The van der Waals surface area contributed by atoms with Gasteiger partial charge in [-0.25, -0.2) is 14.6 Å². The molecule has 1 aliphatic heterocycles. The standard InChI is InChI=1S/C22H30N2.C15H10ClN9.C8H15.Nd/c1-5-19-8-7-15-24(19)20-9-10-21-18(16-20)12-14-22(21,4)13-11-17(3)23-6-2;16-11-5-10(7-18)8-21-15(11)23-14-6-12(19-2-1-17)13(9-20-14)25-4-3-22-24-25;1-2-8-6-4-3-5-7-8;/h6,8-10,16,19,23H,1-3,5,7,11-15H2,4H3;3-6,8-9H,2H2,(H2,19,20,21,23);8H,1-7H2;/q-2;;-1;+3. The Bertz CT molecular complexity index is 2020. The van der Waals surface area contributed by atoms with E-state index in [1.54, 1.807) is 30.9 Å². The predicted molar refractivity (Wildman–Crippen MR) is 231 cm³/mol. The van der Waals surface area contributed by atoms with Crippen molar-refractivity contribution in [1.82, 2.24) is 30.3 Å². The van der Waals surface area contributed by atoms with E-state index in [-0.39, 0.29) is 52.8 Å². The summed E-state index contributed by atoms with van der Waals surface area (Å²) < 4.78 is 1.53. The first-order chi connectivity index (χ1) is 27.7. The second-order valence-electron chi connectivity index (χ2n) is 15.0. The van der Waals surface area contributed by atoms with Crippen molar-refractivity contribution in [3.8, 4) is 17.8 Å². The molecule has 1 radical (unpaired) electrons. The zero-order valence-corrected chi connectivity index (χ0v) is 37.7. The first kappa shape index (κ1) is 46.6. The number of hydrogen-bond donors (Lipinski definition) is 3. The van der Waals surface area contributed by atoms with Crippen LogP contribution >= 0.6 is 11.6 Å². The molecule has 1 saturated heterocycles. The molecule has 0 amide bonds. The number of benzene rings is 1. The fraction of sp³-hybridized carbons (Fsp3) is 0.400. The van der Waals surface area contributed by atoms with Gasteiger partial charge in [-0.3, -0.25) is 0 Å². The Balaban J connectivity index is 0.000000213. The number of nitrogens with one attached hydrogen (secondary N) is 3. The number of aryl methyl sites for hydroxylation is 1. The zero-order valence-electron chi connectivity index (χ0n) is 33.7. The summed E-state index contributed by atoms with van der Waals surface area (Å²) in [4.78, 5) is 10.9. The molecule has 2 aliphatic carbocycles. The SMILES string of the molecule is C=CNC(=C)CCC1(C)CCc2cc(N3CC[CH-]C3C[CH2-])ccc21.N#CCNc1cc(Nc2ncc(C#N)cc2Cl)ncc1-n1ccnn1.[CH2-]CC1CCCCC1.[Nd+3]. The molecule has 2 atom stereocenters. The van der Waals surface area contributed by atoms with Crippen LogP contribution in [0.4, 0.5) is 23.0 Å². The minimum atomic E-state index is 0. The van der Waals surface area contributed by atoms with Crippen LogP contribution < -0.4 is 20.9 Å². The fourth-order valence-corrected chi connectivity index (χ4v) is 8.01. The Labute approximate surface area is 383 Å². The minimum Gasteiger partial charge on any atom is -0.403 e. The number of nitrogens with zero attached hydrogens (tertiary/aromatic N) is 8. The first-order valence-corrected chi connectivity index (χ1v) is 20.3. The van der Waals surface area contributed by atoms with Gasteiger partial charge >= 0.3 is 40.8 Å². The molecule has 4 heterocycles. The van der Waals surface area contributed by atoms with Crippen LogP contribution in [0.2, 0.25) is 5.02 Å². The van der Waals surface area contributed by atoms with Crippen molar-refractivity contribution in [1.29, 1.82) is 10.5 Å². The van der Waals surface area contributed by atoms with Crippen molar-refractivity contribution in [2.75, 3.05) is 28.6 Å². The average Bonchev–Trinajstić information content (AvgIpc) is 4.02.